The summed E-state index contributed by atoms with van der Waals surface area (Å²) < 4.78 is 5.22. The number of hydrogen-bond donors (Lipinski definition) is 1. The normalized spacial score (nSPS) is 12.3. The van der Waals surface area contributed by atoms with E-state index in [0.717, 1.165) is 16.6 Å². The van der Waals surface area contributed by atoms with E-state index >= 15 is 0 Å². The van der Waals surface area contributed by atoms with E-state index in [1.807, 2.05) is 36.4 Å². The number of ether oxygens (including phenoxy) is 1. The smallest absolute Gasteiger partial charge is 0.137 e. The van der Waals surface area contributed by atoms with Gasteiger partial charge in [0, 0.05) is 0 Å². The number of methoxy groups -OCH3 is 1. The predicted octanol–water partition coefficient (Wildman–Crippen LogP) is 3.34. The van der Waals surface area contributed by atoms with Crippen LogP contribution < -0.4 is 10.5 Å². The third kappa shape index (κ3) is 2.68. The molecule has 1 aromatic heterocycles. The second-order valence-corrected chi connectivity index (χ2v) is 5.06. The lowest BCUT2D eigenvalue weighted by atomic mass is 10.0. The highest BCUT2D eigenvalue weighted by Crippen LogP contribution is 2.29. The van der Waals surface area contributed by atoms with E-state index in [4.69, 9.17) is 22.1 Å². The van der Waals surface area contributed by atoms with Crippen LogP contribution in [0.3, 0.4) is 0 Å². The molecule has 0 aliphatic carbocycles. The molecule has 2 aromatic carbocycles. The molecule has 0 saturated carbocycles. The number of aromatic nitrogens is 2. The molecule has 0 saturated heterocycles. The first-order valence-electron chi connectivity index (χ1n) is 6.50. The first-order chi connectivity index (χ1) is 10.2. The number of rotatable bonds is 3. The highest BCUT2D eigenvalue weighted by atomic mass is 35.5. The molecular weight excluding hydrogens is 286 g/mol. The Morgan fingerprint density at radius 1 is 1.14 bits per heavy atom. The Kier molecular flexibility index (Phi) is 3.73. The summed E-state index contributed by atoms with van der Waals surface area (Å²) in [6.07, 6.45) is 1.70. The fraction of sp³-hybridized carbons (Fsp3) is 0.125. The summed E-state index contributed by atoms with van der Waals surface area (Å²) in [6, 6.07) is 12.8. The molecule has 5 heteroatoms. The van der Waals surface area contributed by atoms with Crippen molar-refractivity contribution in [3.8, 4) is 5.75 Å². The fourth-order valence-corrected chi connectivity index (χ4v) is 2.36. The van der Waals surface area contributed by atoms with E-state index in [1.165, 1.54) is 0 Å². The quantitative estimate of drug-likeness (QED) is 0.806. The van der Waals surface area contributed by atoms with Crippen molar-refractivity contribution in [3.05, 3.63) is 64.9 Å². The molecule has 4 nitrogen and oxygen atoms in total. The van der Waals surface area contributed by atoms with Crippen molar-refractivity contribution in [2.75, 3.05) is 7.11 Å². The van der Waals surface area contributed by atoms with Gasteiger partial charge in [0.25, 0.3) is 0 Å². The minimum absolute atomic E-state index is 0.381. The van der Waals surface area contributed by atoms with Crippen LogP contribution >= 0.6 is 11.6 Å². The molecule has 0 aliphatic rings. The van der Waals surface area contributed by atoms with Crippen LogP contribution in [0.25, 0.3) is 11.0 Å². The van der Waals surface area contributed by atoms with E-state index in [1.54, 1.807) is 19.4 Å². The van der Waals surface area contributed by atoms with Gasteiger partial charge in [-0.2, -0.15) is 0 Å². The number of benzene rings is 2. The highest BCUT2D eigenvalue weighted by Gasteiger charge is 2.13. The Morgan fingerprint density at radius 2 is 1.90 bits per heavy atom. The van der Waals surface area contributed by atoms with Gasteiger partial charge >= 0.3 is 0 Å². The van der Waals surface area contributed by atoms with Crippen LogP contribution in [0.1, 0.15) is 17.3 Å². The van der Waals surface area contributed by atoms with Gasteiger partial charge in [-0.05, 0) is 29.8 Å². The van der Waals surface area contributed by atoms with Gasteiger partial charge < -0.3 is 10.5 Å². The van der Waals surface area contributed by atoms with Crippen molar-refractivity contribution in [1.82, 2.24) is 9.97 Å². The molecule has 0 radical (unpaired) electrons. The summed E-state index contributed by atoms with van der Waals surface area (Å²) in [7, 11) is 1.58. The first kappa shape index (κ1) is 13.8. The molecule has 2 N–H and O–H groups in total. The predicted molar refractivity (Wildman–Crippen MR) is 83.6 cm³/mol. The molecule has 1 heterocycles. The maximum atomic E-state index is 6.28. The molecule has 3 rings (SSSR count). The Bertz CT molecular complexity index is 791. The van der Waals surface area contributed by atoms with Crippen molar-refractivity contribution in [2.45, 2.75) is 6.04 Å². The number of para-hydroxylation sites is 2. The van der Waals surface area contributed by atoms with Gasteiger partial charge in [0.05, 0.1) is 41.1 Å². The van der Waals surface area contributed by atoms with Crippen molar-refractivity contribution < 1.29 is 4.74 Å². The second-order valence-electron chi connectivity index (χ2n) is 4.66. The molecule has 0 bridgehead atoms. The van der Waals surface area contributed by atoms with Crippen LogP contribution in [0, 0.1) is 0 Å². The fourth-order valence-electron chi connectivity index (χ4n) is 2.16. The monoisotopic (exact) mass is 299 g/mol. The minimum atomic E-state index is -0.381. The average Bonchev–Trinajstić information content (AvgIpc) is 2.54. The van der Waals surface area contributed by atoms with Crippen LogP contribution in [0.15, 0.2) is 48.7 Å². The highest BCUT2D eigenvalue weighted by molar-refractivity contribution is 6.32. The molecule has 1 atom stereocenters. The van der Waals surface area contributed by atoms with Crippen molar-refractivity contribution in [2.24, 2.45) is 5.73 Å². The van der Waals surface area contributed by atoms with Crippen LogP contribution in [-0.4, -0.2) is 17.1 Å². The van der Waals surface area contributed by atoms with Crippen molar-refractivity contribution >= 4 is 22.6 Å². The molecule has 3 aromatic rings. The summed E-state index contributed by atoms with van der Waals surface area (Å²) >= 11 is 6.03. The zero-order valence-corrected chi connectivity index (χ0v) is 12.2. The summed E-state index contributed by atoms with van der Waals surface area (Å²) in [5.74, 6) is 0.596. The summed E-state index contributed by atoms with van der Waals surface area (Å²) in [5.41, 5.74) is 9.54. The van der Waals surface area contributed by atoms with Gasteiger partial charge in [-0.15, -0.1) is 0 Å². The van der Waals surface area contributed by atoms with Gasteiger partial charge in [-0.25, -0.2) is 4.98 Å². The maximum Gasteiger partial charge on any atom is 0.137 e. The van der Waals surface area contributed by atoms with E-state index in [9.17, 15) is 0 Å². The third-order valence-corrected chi connectivity index (χ3v) is 3.63. The number of fused-ring (bicyclic) bond motifs is 1. The number of nitrogens with zero attached hydrogens (tertiary/aromatic N) is 2. The first-order valence-corrected chi connectivity index (χ1v) is 6.87. The molecule has 0 aliphatic heterocycles. The Morgan fingerprint density at radius 3 is 2.67 bits per heavy atom. The second kappa shape index (κ2) is 5.68. The Balaban J connectivity index is 2.01. The van der Waals surface area contributed by atoms with Crippen LogP contribution in [-0.2, 0) is 0 Å². The van der Waals surface area contributed by atoms with Crippen LogP contribution in [0.5, 0.6) is 5.75 Å². The van der Waals surface area contributed by atoms with Crippen molar-refractivity contribution in [3.63, 3.8) is 0 Å². The van der Waals surface area contributed by atoms with E-state index in [-0.39, 0.29) is 6.04 Å². The van der Waals surface area contributed by atoms with Crippen molar-refractivity contribution in [1.29, 1.82) is 0 Å². The lowest BCUT2D eigenvalue weighted by molar-refractivity contribution is 0.414. The number of halogens is 1. The van der Waals surface area contributed by atoms with Crippen LogP contribution in [0.2, 0.25) is 5.02 Å². The standard InChI is InChI=1S/C16H14ClN3O/c1-21-15-8-10(6-7-11(15)17)16(18)14-9-19-12-4-2-3-5-13(12)20-14/h2-9,16H,18H2,1H3. The topological polar surface area (TPSA) is 61.0 Å². The van der Waals surface area contributed by atoms with Gasteiger partial charge in [0.2, 0.25) is 0 Å². The zero-order chi connectivity index (χ0) is 14.8. The lowest BCUT2D eigenvalue weighted by Gasteiger charge is -2.13. The number of hydrogen-bond acceptors (Lipinski definition) is 4. The molecule has 1 unspecified atom stereocenters. The lowest BCUT2D eigenvalue weighted by Crippen LogP contribution is -2.14. The third-order valence-electron chi connectivity index (χ3n) is 3.32. The van der Waals surface area contributed by atoms with E-state index in [2.05, 4.69) is 9.97 Å². The minimum Gasteiger partial charge on any atom is -0.495 e. The summed E-state index contributed by atoms with van der Waals surface area (Å²) in [5, 5.41) is 0.554. The SMILES string of the molecule is COc1cc(C(N)c2cnc3ccccc3n2)ccc1Cl. The molecule has 0 spiro atoms. The Hall–Kier alpha value is -2.17. The molecule has 0 fully saturated rings. The average molecular weight is 300 g/mol. The molecule has 106 valence electrons. The summed E-state index contributed by atoms with van der Waals surface area (Å²) in [4.78, 5) is 8.96. The molecule has 0 amide bonds. The van der Waals surface area contributed by atoms with Gasteiger partial charge in [-0.1, -0.05) is 29.8 Å². The van der Waals surface area contributed by atoms with Gasteiger partial charge in [0.1, 0.15) is 5.75 Å². The van der Waals surface area contributed by atoms with Gasteiger partial charge in [-0.3, -0.25) is 4.98 Å². The molecule has 21 heavy (non-hydrogen) atoms. The van der Waals surface area contributed by atoms with Crippen LogP contribution in [0.4, 0.5) is 0 Å². The number of nitrogens with two attached hydrogens (primary N) is 1. The maximum absolute atomic E-state index is 6.28. The Labute approximate surface area is 127 Å². The van der Waals surface area contributed by atoms with Gasteiger partial charge in [0.15, 0.2) is 0 Å². The van der Waals surface area contributed by atoms with E-state index in [0.29, 0.717) is 16.5 Å². The largest absolute Gasteiger partial charge is 0.495 e. The molecular formula is C16H14ClN3O. The summed E-state index contributed by atoms with van der Waals surface area (Å²) in [6.45, 7) is 0. The zero-order valence-electron chi connectivity index (χ0n) is 11.5. The van der Waals surface area contributed by atoms with E-state index < -0.39 is 0 Å².